The molecule has 1 amide bonds. The molecule has 0 radical (unpaired) electrons. The molecule has 0 aliphatic rings. The third-order valence-electron chi connectivity index (χ3n) is 1.58. The molecule has 0 aliphatic heterocycles. The van der Waals surface area contributed by atoms with Gasteiger partial charge in [0.05, 0.1) is 7.11 Å². The van der Waals surface area contributed by atoms with Crippen LogP contribution < -0.4 is 5.73 Å². The number of nitrogens with two attached hydrogens (primary N) is 1. The lowest BCUT2D eigenvalue weighted by atomic mass is 10.3. The van der Waals surface area contributed by atoms with E-state index in [0.29, 0.717) is 19.5 Å². The van der Waals surface area contributed by atoms with Gasteiger partial charge in [0.15, 0.2) is 0 Å². The molecule has 0 heterocycles. The van der Waals surface area contributed by atoms with Gasteiger partial charge < -0.3 is 20.6 Å². The zero-order chi connectivity index (χ0) is 10.3. The number of carbonyl (C=O) groups is 1. The van der Waals surface area contributed by atoms with Crippen LogP contribution in [0.3, 0.4) is 0 Å². The largest absolute Gasteiger partial charge is 0.453 e. The fraction of sp³-hybridized carbons (Fsp3) is 0.714. The summed E-state index contributed by atoms with van der Waals surface area (Å²) in [4.78, 5) is 12.5. The van der Waals surface area contributed by atoms with Gasteiger partial charge in [-0.3, -0.25) is 0 Å². The Morgan fingerprint density at radius 2 is 2.31 bits per heavy atom. The number of hydrogen-bond acceptors (Lipinski definition) is 4. The van der Waals surface area contributed by atoms with E-state index in [1.54, 1.807) is 0 Å². The molecule has 0 saturated heterocycles. The number of hydrogen-bond donors (Lipinski definition) is 2. The molecule has 0 aromatic rings. The van der Waals surface area contributed by atoms with Crippen molar-refractivity contribution in [2.24, 2.45) is 10.9 Å². The molecular weight excluding hydrogens is 174 g/mol. The smallest absolute Gasteiger partial charge is 0.409 e. The molecule has 0 unspecified atom stereocenters. The minimum absolute atomic E-state index is 0.0994. The lowest BCUT2D eigenvalue weighted by Crippen LogP contribution is -2.33. The van der Waals surface area contributed by atoms with Crippen LogP contribution in [0.15, 0.2) is 5.16 Å². The molecule has 0 aliphatic carbocycles. The van der Waals surface area contributed by atoms with Gasteiger partial charge in [-0.25, -0.2) is 4.79 Å². The first kappa shape index (κ1) is 11.5. The Labute approximate surface area is 76.9 Å². The minimum atomic E-state index is -0.409. The Hall–Kier alpha value is -1.46. The van der Waals surface area contributed by atoms with Gasteiger partial charge in [-0.15, -0.1) is 0 Å². The van der Waals surface area contributed by atoms with Crippen LogP contribution in [0.1, 0.15) is 13.3 Å². The predicted molar refractivity (Wildman–Crippen MR) is 47.7 cm³/mol. The Morgan fingerprint density at radius 1 is 1.69 bits per heavy atom. The van der Waals surface area contributed by atoms with Crippen molar-refractivity contribution in [1.29, 1.82) is 0 Å². The van der Waals surface area contributed by atoms with Gasteiger partial charge in [-0.1, -0.05) is 5.16 Å². The summed E-state index contributed by atoms with van der Waals surface area (Å²) in [5, 5.41) is 11.0. The second-order valence-electron chi connectivity index (χ2n) is 2.39. The average Bonchev–Trinajstić information content (AvgIpc) is 2.17. The van der Waals surface area contributed by atoms with E-state index in [-0.39, 0.29) is 5.84 Å². The normalized spacial score (nSPS) is 11.1. The summed E-state index contributed by atoms with van der Waals surface area (Å²) < 4.78 is 4.51. The van der Waals surface area contributed by atoms with Gasteiger partial charge in [-0.2, -0.15) is 0 Å². The zero-order valence-corrected chi connectivity index (χ0v) is 7.86. The molecule has 0 atom stereocenters. The molecule has 76 valence electrons. The molecule has 0 rings (SSSR count). The summed E-state index contributed by atoms with van der Waals surface area (Å²) in [6, 6.07) is 0. The highest BCUT2D eigenvalue weighted by molar-refractivity contribution is 5.80. The molecule has 0 bridgehead atoms. The van der Waals surface area contributed by atoms with Crippen LogP contribution in [0.25, 0.3) is 0 Å². The van der Waals surface area contributed by atoms with Crippen molar-refractivity contribution in [1.82, 2.24) is 4.90 Å². The highest BCUT2D eigenvalue weighted by Gasteiger charge is 2.11. The van der Waals surface area contributed by atoms with Crippen molar-refractivity contribution in [3.05, 3.63) is 0 Å². The van der Waals surface area contributed by atoms with Gasteiger partial charge in [0.2, 0.25) is 0 Å². The minimum Gasteiger partial charge on any atom is -0.453 e. The summed E-state index contributed by atoms with van der Waals surface area (Å²) >= 11 is 0. The number of oxime groups is 1. The number of rotatable bonds is 4. The van der Waals surface area contributed by atoms with Crippen molar-refractivity contribution in [3.63, 3.8) is 0 Å². The quantitative estimate of drug-likeness (QED) is 0.286. The number of ether oxygens (including phenoxy) is 1. The monoisotopic (exact) mass is 189 g/mol. The molecule has 0 spiro atoms. The van der Waals surface area contributed by atoms with Crippen LogP contribution in [-0.4, -0.2) is 42.2 Å². The molecule has 0 saturated carbocycles. The maximum absolute atomic E-state index is 11.0. The first-order chi connectivity index (χ1) is 6.15. The highest BCUT2D eigenvalue weighted by atomic mass is 16.5. The van der Waals surface area contributed by atoms with Crippen LogP contribution in [0, 0.1) is 0 Å². The molecule has 6 heteroatoms. The van der Waals surface area contributed by atoms with Crippen LogP contribution in [0.4, 0.5) is 4.79 Å². The van der Waals surface area contributed by atoms with Gasteiger partial charge in [0.1, 0.15) is 5.84 Å². The number of nitrogens with zero attached hydrogens (tertiary/aromatic N) is 2. The first-order valence-corrected chi connectivity index (χ1v) is 3.95. The van der Waals surface area contributed by atoms with E-state index < -0.39 is 6.09 Å². The molecule has 0 fully saturated rings. The number of amides is 1. The van der Waals surface area contributed by atoms with Crippen molar-refractivity contribution in [3.8, 4) is 0 Å². The van der Waals surface area contributed by atoms with Crippen LogP contribution in [-0.2, 0) is 4.74 Å². The van der Waals surface area contributed by atoms with E-state index in [1.807, 2.05) is 6.92 Å². The molecule has 0 aromatic carbocycles. The molecule has 6 nitrogen and oxygen atoms in total. The van der Waals surface area contributed by atoms with E-state index in [1.165, 1.54) is 12.0 Å². The Kier molecular flexibility index (Phi) is 5.42. The number of carbonyl (C=O) groups excluding carboxylic acids is 1. The maximum atomic E-state index is 11.0. The van der Waals surface area contributed by atoms with Gasteiger partial charge in [0.25, 0.3) is 0 Å². The molecule has 0 aromatic heterocycles. The van der Waals surface area contributed by atoms with Crippen molar-refractivity contribution < 1.29 is 14.7 Å². The Balaban J connectivity index is 3.92. The zero-order valence-electron chi connectivity index (χ0n) is 7.86. The van der Waals surface area contributed by atoms with Crippen LogP contribution >= 0.6 is 0 Å². The SMILES string of the molecule is CCN(CCC(N)=NO)C(=O)OC. The van der Waals surface area contributed by atoms with Crippen molar-refractivity contribution in [2.75, 3.05) is 20.2 Å². The summed E-state index contributed by atoms with van der Waals surface area (Å²) in [5.41, 5.74) is 5.24. The first-order valence-electron chi connectivity index (χ1n) is 3.95. The molecular formula is C7H15N3O3. The Morgan fingerprint density at radius 3 is 2.69 bits per heavy atom. The van der Waals surface area contributed by atoms with E-state index in [0.717, 1.165) is 0 Å². The average molecular weight is 189 g/mol. The maximum Gasteiger partial charge on any atom is 0.409 e. The fourth-order valence-electron chi connectivity index (χ4n) is 0.807. The van der Waals surface area contributed by atoms with E-state index >= 15 is 0 Å². The third kappa shape index (κ3) is 4.19. The van der Waals surface area contributed by atoms with Gasteiger partial charge in [0, 0.05) is 19.5 Å². The predicted octanol–water partition coefficient (Wildman–Crippen LogP) is 0.211. The molecule has 13 heavy (non-hydrogen) atoms. The second-order valence-corrected chi connectivity index (χ2v) is 2.39. The number of amidine groups is 1. The standard InChI is InChI=1S/C7H15N3O3/c1-3-10(7(11)13-2)5-4-6(8)9-12/h12H,3-5H2,1-2H3,(H2,8,9). The summed E-state index contributed by atoms with van der Waals surface area (Å²) in [6.45, 7) is 2.74. The van der Waals surface area contributed by atoms with Crippen molar-refractivity contribution in [2.45, 2.75) is 13.3 Å². The lowest BCUT2D eigenvalue weighted by molar-refractivity contribution is 0.127. The van der Waals surface area contributed by atoms with E-state index in [2.05, 4.69) is 9.89 Å². The second kappa shape index (κ2) is 6.10. The summed E-state index contributed by atoms with van der Waals surface area (Å²) in [7, 11) is 1.31. The summed E-state index contributed by atoms with van der Waals surface area (Å²) in [6.07, 6.45) is -0.0763. The Bertz CT molecular complexity index is 193. The summed E-state index contributed by atoms with van der Waals surface area (Å²) in [5.74, 6) is 0.0994. The fourth-order valence-corrected chi connectivity index (χ4v) is 0.807. The van der Waals surface area contributed by atoms with Crippen molar-refractivity contribution >= 4 is 11.9 Å². The van der Waals surface area contributed by atoms with Gasteiger partial charge in [-0.05, 0) is 6.92 Å². The highest BCUT2D eigenvalue weighted by Crippen LogP contribution is 1.94. The van der Waals surface area contributed by atoms with Gasteiger partial charge >= 0.3 is 6.09 Å². The van der Waals surface area contributed by atoms with Crippen LogP contribution in [0.5, 0.6) is 0 Å². The molecule has 3 N–H and O–H groups in total. The van der Waals surface area contributed by atoms with E-state index in [4.69, 9.17) is 10.9 Å². The lowest BCUT2D eigenvalue weighted by Gasteiger charge is -2.18. The van der Waals surface area contributed by atoms with E-state index in [9.17, 15) is 4.79 Å². The number of methoxy groups -OCH3 is 1. The third-order valence-corrected chi connectivity index (χ3v) is 1.58. The van der Waals surface area contributed by atoms with Crippen LogP contribution in [0.2, 0.25) is 0 Å². The topological polar surface area (TPSA) is 88.1 Å².